The second kappa shape index (κ2) is 3.55. The van der Waals surface area contributed by atoms with E-state index in [2.05, 4.69) is 10.1 Å². The van der Waals surface area contributed by atoms with E-state index in [-0.39, 0.29) is 11.0 Å². The van der Waals surface area contributed by atoms with Gasteiger partial charge >= 0.3 is 5.97 Å². The van der Waals surface area contributed by atoms with Gasteiger partial charge in [-0.3, -0.25) is 4.68 Å². The van der Waals surface area contributed by atoms with Gasteiger partial charge < -0.3 is 5.11 Å². The van der Waals surface area contributed by atoms with Crippen LogP contribution >= 0.6 is 0 Å². The maximum absolute atomic E-state index is 11.2. The molecule has 0 amide bonds. The Morgan fingerprint density at radius 1 is 1.41 bits per heavy atom. The zero-order valence-electron chi connectivity index (χ0n) is 10.4. The fraction of sp³-hybridized carbons (Fsp3) is 0.417. The molecule has 0 bridgehead atoms. The Kier molecular flexibility index (Phi) is 2.41. The summed E-state index contributed by atoms with van der Waals surface area (Å²) in [6, 6.07) is 1.63. The van der Waals surface area contributed by atoms with Crippen LogP contribution in [0.15, 0.2) is 12.3 Å². The number of pyridine rings is 1. The van der Waals surface area contributed by atoms with Gasteiger partial charge in [-0.1, -0.05) is 20.8 Å². The van der Waals surface area contributed by atoms with Crippen LogP contribution in [0.25, 0.3) is 11.0 Å². The number of aromatic nitrogens is 3. The fourth-order valence-electron chi connectivity index (χ4n) is 1.68. The third-order valence-corrected chi connectivity index (χ3v) is 2.70. The summed E-state index contributed by atoms with van der Waals surface area (Å²) in [6.07, 6.45) is 1.54. The van der Waals surface area contributed by atoms with Gasteiger partial charge in [-0.2, -0.15) is 5.10 Å². The van der Waals surface area contributed by atoms with Crippen molar-refractivity contribution < 1.29 is 9.90 Å². The summed E-state index contributed by atoms with van der Waals surface area (Å²) in [7, 11) is 1.76. The van der Waals surface area contributed by atoms with Crippen LogP contribution in [-0.2, 0) is 12.5 Å². The zero-order valence-corrected chi connectivity index (χ0v) is 10.4. The van der Waals surface area contributed by atoms with Gasteiger partial charge in [0.15, 0.2) is 5.65 Å². The first-order chi connectivity index (χ1) is 7.80. The molecule has 0 aliphatic heterocycles. The van der Waals surface area contributed by atoms with Crippen molar-refractivity contribution in [3.63, 3.8) is 0 Å². The van der Waals surface area contributed by atoms with Crippen LogP contribution in [0.2, 0.25) is 0 Å². The van der Waals surface area contributed by atoms with Crippen LogP contribution in [0, 0.1) is 0 Å². The molecule has 5 heteroatoms. The molecule has 5 nitrogen and oxygen atoms in total. The van der Waals surface area contributed by atoms with E-state index in [1.165, 1.54) is 6.20 Å². The van der Waals surface area contributed by atoms with Gasteiger partial charge in [-0.15, -0.1) is 0 Å². The number of aromatic carboxylic acids is 1. The lowest BCUT2D eigenvalue weighted by Crippen LogP contribution is -2.15. The Hall–Kier alpha value is -1.91. The highest BCUT2D eigenvalue weighted by Gasteiger charge is 2.21. The minimum atomic E-state index is -0.948. The predicted octanol–water partition coefficient (Wildman–Crippen LogP) is 1.96. The number of carboxylic acids is 1. The van der Waals surface area contributed by atoms with Crippen LogP contribution in [0.4, 0.5) is 0 Å². The lowest BCUT2D eigenvalue weighted by Gasteiger charge is -2.18. The fourth-order valence-corrected chi connectivity index (χ4v) is 1.68. The maximum Gasteiger partial charge on any atom is 0.336 e. The Balaban J connectivity index is 2.83. The van der Waals surface area contributed by atoms with Gasteiger partial charge in [-0.25, -0.2) is 9.78 Å². The largest absolute Gasteiger partial charge is 0.478 e. The van der Waals surface area contributed by atoms with Crippen molar-refractivity contribution in [2.24, 2.45) is 7.05 Å². The molecule has 0 unspecified atom stereocenters. The van der Waals surface area contributed by atoms with Crippen LogP contribution in [0.1, 0.15) is 36.8 Å². The molecule has 0 aliphatic carbocycles. The van der Waals surface area contributed by atoms with Gasteiger partial charge in [0.1, 0.15) is 0 Å². The first kappa shape index (κ1) is 11.6. The standard InChI is InChI=1S/C12H15N3O2/c1-12(2,3)9-5-7(11(16)17)8-6-13-15(4)10(8)14-9/h5-6H,1-4H3,(H,16,17). The third kappa shape index (κ3) is 1.88. The molecule has 0 spiro atoms. The monoisotopic (exact) mass is 233 g/mol. The molecule has 0 saturated carbocycles. The molecule has 2 aromatic heterocycles. The van der Waals surface area contributed by atoms with Gasteiger partial charge in [0, 0.05) is 18.2 Å². The predicted molar refractivity (Wildman–Crippen MR) is 64.2 cm³/mol. The molecule has 2 rings (SSSR count). The smallest absolute Gasteiger partial charge is 0.336 e. The van der Waals surface area contributed by atoms with Gasteiger partial charge in [0.25, 0.3) is 0 Å². The number of hydrogen-bond donors (Lipinski definition) is 1. The van der Waals surface area contributed by atoms with Crippen molar-refractivity contribution in [2.75, 3.05) is 0 Å². The first-order valence-electron chi connectivity index (χ1n) is 5.37. The van der Waals surface area contributed by atoms with Crippen molar-refractivity contribution >= 4 is 17.0 Å². The van der Waals surface area contributed by atoms with E-state index in [1.54, 1.807) is 17.8 Å². The van der Waals surface area contributed by atoms with E-state index in [1.807, 2.05) is 20.8 Å². The minimum Gasteiger partial charge on any atom is -0.478 e. The molecule has 90 valence electrons. The molecular formula is C12H15N3O2. The molecule has 0 atom stereocenters. The number of fused-ring (bicyclic) bond motifs is 1. The molecule has 2 aromatic rings. The highest BCUT2D eigenvalue weighted by Crippen LogP contribution is 2.25. The zero-order chi connectivity index (χ0) is 12.8. The van der Waals surface area contributed by atoms with Gasteiger partial charge in [0.2, 0.25) is 0 Å². The normalized spacial score (nSPS) is 12.0. The van der Waals surface area contributed by atoms with E-state index in [9.17, 15) is 9.90 Å². The van der Waals surface area contributed by atoms with E-state index in [0.717, 1.165) is 5.69 Å². The number of carbonyl (C=O) groups is 1. The molecule has 0 aromatic carbocycles. The van der Waals surface area contributed by atoms with Crippen molar-refractivity contribution in [3.05, 3.63) is 23.5 Å². The molecule has 0 aliphatic rings. The Labute approximate surface area is 99.1 Å². The second-order valence-corrected chi connectivity index (χ2v) is 5.12. The highest BCUT2D eigenvalue weighted by molar-refractivity contribution is 6.01. The average Bonchev–Trinajstić information content (AvgIpc) is 2.58. The summed E-state index contributed by atoms with van der Waals surface area (Å²) in [5, 5.41) is 13.8. The molecule has 2 heterocycles. The highest BCUT2D eigenvalue weighted by atomic mass is 16.4. The maximum atomic E-state index is 11.2. The van der Waals surface area contributed by atoms with Crippen molar-refractivity contribution in [3.8, 4) is 0 Å². The topological polar surface area (TPSA) is 68.0 Å². The number of hydrogen-bond acceptors (Lipinski definition) is 3. The van der Waals surface area contributed by atoms with Crippen LogP contribution < -0.4 is 0 Å². The second-order valence-electron chi connectivity index (χ2n) is 5.12. The number of rotatable bonds is 1. The minimum absolute atomic E-state index is 0.192. The lowest BCUT2D eigenvalue weighted by atomic mass is 9.90. The van der Waals surface area contributed by atoms with E-state index in [4.69, 9.17) is 0 Å². The molecule has 0 fully saturated rings. The third-order valence-electron chi connectivity index (χ3n) is 2.70. The average molecular weight is 233 g/mol. The van der Waals surface area contributed by atoms with Crippen molar-refractivity contribution in [2.45, 2.75) is 26.2 Å². The number of aryl methyl sites for hydroxylation is 1. The van der Waals surface area contributed by atoms with Crippen LogP contribution in [-0.4, -0.2) is 25.8 Å². The quantitative estimate of drug-likeness (QED) is 0.817. The van der Waals surface area contributed by atoms with Crippen molar-refractivity contribution in [1.82, 2.24) is 14.8 Å². The SMILES string of the molecule is Cn1ncc2c(C(=O)O)cc(C(C)(C)C)nc21. The molecule has 1 N–H and O–H groups in total. The van der Waals surface area contributed by atoms with E-state index < -0.39 is 5.97 Å². The summed E-state index contributed by atoms with van der Waals surface area (Å²) < 4.78 is 1.59. The molecule has 17 heavy (non-hydrogen) atoms. The number of carboxylic acid groups (broad SMARTS) is 1. The summed E-state index contributed by atoms with van der Waals surface area (Å²) in [6.45, 7) is 6.01. The Morgan fingerprint density at radius 3 is 2.59 bits per heavy atom. The first-order valence-corrected chi connectivity index (χ1v) is 5.37. The van der Waals surface area contributed by atoms with Gasteiger partial charge in [0.05, 0.1) is 17.1 Å². The van der Waals surface area contributed by atoms with E-state index in [0.29, 0.717) is 11.0 Å². The summed E-state index contributed by atoms with van der Waals surface area (Å²) in [5.41, 5.74) is 1.43. The van der Waals surface area contributed by atoms with E-state index >= 15 is 0 Å². The summed E-state index contributed by atoms with van der Waals surface area (Å²) in [4.78, 5) is 15.7. The summed E-state index contributed by atoms with van der Waals surface area (Å²) >= 11 is 0. The molecular weight excluding hydrogens is 218 g/mol. The Bertz CT molecular complexity index is 594. The van der Waals surface area contributed by atoms with Crippen LogP contribution in [0.3, 0.4) is 0 Å². The number of nitrogens with zero attached hydrogens (tertiary/aromatic N) is 3. The van der Waals surface area contributed by atoms with Crippen molar-refractivity contribution in [1.29, 1.82) is 0 Å². The molecule has 0 saturated heterocycles. The van der Waals surface area contributed by atoms with Crippen LogP contribution in [0.5, 0.6) is 0 Å². The lowest BCUT2D eigenvalue weighted by molar-refractivity contribution is 0.0699. The Morgan fingerprint density at radius 2 is 2.06 bits per heavy atom. The van der Waals surface area contributed by atoms with Gasteiger partial charge in [-0.05, 0) is 6.07 Å². The summed E-state index contributed by atoms with van der Waals surface area (Å²) in [5.74, 6) is -0.948. The molecule has 0 radical (unpaired) electrons.